The molecular weight excluding hydrogens is 833 g/mol. The summed E-state index contributed by atoms with van der Waals surface area (Å²) in [5.74, 6) is -0.828. The Bertz CT molecular complexity index is 2240. The van der Waals surface area contributed by atoms with Crippen LogP contribution in [0, 0.1) is 13.8 Å². The molecule has 1 radical (unpaired) electrons. The zero-order chi connectivity index (χ0) is 40.2. The molecule has 2 fully saturated rings. The summed E-state index contributed by atoms with van der Waals surface area (Å²) in [4.78, 5) is 95.9. The van der Waals surface area contributed by atoms with Crippen LogP contribution in [0.5, 0.6) is 0 Å². The van der Waals surface area contributed by atoms with Crippen molar-refractivity contribution in [1.29, 1.82) is 0 Å². The molecule has 3 N–H and O–H groups in total. The molecule has 3 aliphatic rings. The van der Waals surface area contributed by atoms with E-state index >= 15 is 0 Å². The number of anilines is 3. The molecule has 0 aliphatic carbocycles. The second-order valence-electron chi connectivity index (χ2n) is 13.9. The summed E-state index contributed by atoms with van der Waals surface area (Å²) in [6, 6.07) is 11.4. The normalized spacial score (nSPS) is 17.0. The minimum absolute atomic E-state index is 0.0619. The summed E-state index contributed by atoms with van der Waals surface area (Å²) in [5, 5.41) is 8.86. The van der Waals surface area contributed by atoms with Crippen molar-refractivity contribution in [2.75, 3.05) is 48.3 Å². The molecule has 7 rings (SSSR count). The number of halogens is 1. The van der Waals surface area contributed by atoms with Crippen LogP contribution >= 0.6 is 22.9 Å². The molecule has 3 aliphatic heterocycles. The molecule has 6 amide bonds. The van der Waals surface area contributed by atoms with Gasteiger partial charge < -0.3 is 5.32 Å². The van der Waals surface area contributed by atoms with Gasteiger partial charge in [-0.05, 0) is 18.6 Å². The first-order chi connectivity index (χ1) is 27.5. The first kappa shape index (κ1) is 40.0. The molecule has 2 aromatic carbocycles. The van der Waals surface area contributed by atoms with Crippen LogP contribution in [0.4, 0.5) is 17.2 Å². The number of hydrogen-bond acceptors (Lipinski definition) is 12. The zero-order valence-corrected chi connectivity index (χ0v) is 34.8. The predicted octanol–water partition coefficient (Wildman–Crippen LogP) is 2.83. The van der Waals surface area contributed by atoms with Crippen molar-refractivity contribution in [2.45, 2.75) is 58.4 Å². The number of amides is 6. The Kier molecular flexibility index (Phi) is 12.3. The third kappa shape index (κ3) is 9.03. The number of aryl methyl sites for hydroxylation is 2. The van der Waals surface area contributed by atoms with Crippen LogP contribution in [0.1, 0.15) is 80.3 Å². The average Bonchev–Trinajstić information content (AvgIpc) is 3.76. The van der Waals surface area contributed by atoms with Gasteiger partial charge in [-0.1, -0.05) is 6.07 Å². The van der Waals surface area contributed by atoms with E-state index in [2.05, 4.69) is 35.8 Å². The molecular formula is C39H40AsClN9O6S. The third-order valence-corrected chi connectivity index (χ3v) is 13.8. The van der Waals surface area contributed by atoms with E-state index < -0.39 is 45.4 Å². The monoisotopic (exact) mass is 872 g/mol. The number of hydrogen-bond donors (Lipinski definition) is 3. The molecule has 5 heterocycles. The summed E-state index contributed by atoms with van der Waals surface area (Å²) >= 11 is 7.06. The van der Waals surface area contributed by atoms with Crippen molar-refractivity contribution < 1.29 is 28.8 Å². The Morgan fingerprint density at radius 3 is 2.54 bits per heavy atom. The van der Waals surface area contributed by atoms with Crippen molar-refractivity contribution in [3.05, 3.63) is 81.1 Å². The number of unbranched alkanes of at least 4 members (excludes halogenated alkanes) is 2. The van der Waals surface area contributed by atoms with E-state index in [1.807, 2.05) is 36.9 Å². The molecule has 0 spiro atoms. The molecule has 2 aromatic heterocycles. The van der Waals surface area contributed by atoms with E-state index in [1.165, 1.54) is 11.3 Å². The number of carbonyl (C=O) groups is 6. The number of thiazole rings is 1. The summed E-state index contributed by atoms with van der Waals surface area (Å²) in [6.07, 6.45) is 4.44. The number of carbonyl (C=O) groups excluding carboxylic acids is 6. The van der Waals surface area contributed by atoms with Gasteiger partial charge in [-0.25, -0.2) is 0 Å². The van der Waals surface area contributed by atoms with Gasteiger partial charge >= 0.3 is 227 Å². The average molecular weight is 873 g/mol. The number of benzene rings is 2. The van der Waals surface area contributed by atoms with Gasteiger partial charge in [0.25, 0.3) is 11.8 Å². The summed E-state index contributed by atoms with van der Waals surface area (Å²) < 4.78 is 1.73. The number of rotatable bonds is 13. The van der Waals surface area contributed by atoms with E-state index in [9.17, 15) is 28.8 Å². The van der Waals surface area contributed by atoms with E-state index in [0.717, 1.165) is 37.4 Å². The maximum atomic E-state index is 13.3. The Morgan fingerprint density at radius 1 is 0.982 bits per heavy atom. The fraction of sp³-hybridized carbons (Fsp3) is 0.359. The number of nitrogens with zero attached hydrogens (tertiary/aromatic N) is 6. The molecule has 57 heavy (non-hydrogen) atoms. The number of aromatic nitrogens is 3. The van der Waals surface area contributed by atoms with Crippen molar-refractivity contribution in [3.8, 4) is 0 Å². The van der Waals surface area contributed by atoms with Gasteiger partial charge in [0.15, 0.2) is 0 Å². The number of para-hydroxylation sites is 1. The van der Waals surface area contributed by atoms with Gasteiger partial charge in [0.05, 0.1) is 11.1 Å². The Hall–Kier alpha value is -5.18. The third-order valence-electron chi connectivity index (χ3n) is 10.0. The van der Waals surface area contributed by atoms with Crippen LogP contribution in [0.2, 0.25) is 5.02 Å². The Balaban J connectivity index is 0.842. The number of piperidine rings is 1. The van der Waals surface area contributed by atoms with Crippen LogP contribution in [-0.4, -0.2) is 115 Å². The SMILES string of the molecule is Cc1nc([As]c2ncc(C(=O)Nc3c(C)cccc3Cl)s2)cc(N2CCN(C(=O)CCCCCNc3cccc4c3C(=O)N(C3CCC(=O)NC3=O)C4=O)CC2)n1. The first-order valence-corrected chi connectivity index (χ1v) is 21.7. The quantitative estimate of drug-likeness (QED) is 0.102. The van der Waals surface area contributed by atoms with Gasteiger partial charge in [-0.3, -0.25) is 29.4 Å². The first-order valence-electron chi connectivity index (χ1n) is 18.7. The standard InChI is InChI=1S/C39H40AsClN9O6S/c1-22-8-6-10-25(41)34(22)47-36(54)28-21-43-39(57-28)40-29-20-30(45-23(2)44-29)48-16-18-49(19-17-48)32(52)12-4-3-5-15-42-26-11-7-9-24-33(26)38(56)50(37(24)55)27-13-14-31(51)46-35(27)53/h6-11,20-21,27,42H,3-5,12-19H2,1-2H3,(H,47,54)(H,46,51,53). The van der Waals surface area contributed by atoms with E-state index in [0.29, 0.717) is 72.7 Å². The molecule has 0 saturated carbocycles. The minimum atomic E-state index is -1.02. The van der Waals surface area contributed by atoms with Gasteiger partial charge in [0, 0.05) is 18.7 Å². The van der Waals surface area contributed by atoms with Gasteiger partial charge in [0.2, 0.25) is 11.8 Å². The maximum absolute atomic E-state index is 13.3. The number of piperazine rings is 1. The fourth-order valence-corrected chi connectivity index (χ4v) is 10.7. The molecule has 0 bridgehead atoms. The predicted molar refractivity (Wildman–Crippen MR) is 217 cm³/mol. The van der Waals surface area contributed by atoms with Crippen molar-refractivity contribution in [3.63, 3.8) is 0 Å². The Labute approximate surface area is 344 Å². The van der Waals surface area contributed by atoms with Crippen LogP contribution in [0.25, 0.3) is 0 Å². The van der Waals surface area contributed by atoms with Crippen LogP contribution in [0.15, 0.2) is 48.7 Å². The van der Waals surface area contributed by atoms with E-state index in [4.69, 9.17) is 11.6 Å². The molecule has 18 heteroatoms. The van der Waals surface area contributed by atoms with Crippen molar-refractivity contribution in [2.24, 2.45) is 0 Å². The van der Waals surface area contributed by atoms with Gasteiger partial charge in [-0.2, -0.15) is 0 Å². The van der Waals surface area contributed by atoms with Crippen molar-refractivity contribution >= 4 is 99.6 Å². The topological polar surface area (TPSA) is 187 Å². The summed E-state index contributed by atoms with van der Waals surface area (Å²) in [6.45, 7) is 6.76. The molecule has 295 valence electrons. The van der Waals surface area contributed by atoms with Crippen LogP contribution in [0.3, 0.4) is 0 Å². The van der Waals surface area contributed by atoms with E-state index in [1.54, 1.807) is 30.5 Å². The molecule has 1 unspecified atom stereocenters. The Morgan fingerprint density at radius 2 is 1.77 bits per heavy atom. The second kappa shape index (κ2) is 17.5. The number of imide groups is 2. The van der Waals surface area contributed by atoms with Crippen LogP contribution < -0.4 is 29.1 Å². The fourth-order valence-electron chi connectivity index (χ4n) is 7.05. The summed E-state index contributed by atoms with van der Waals surface area (Å²) in [5.41, 5.74) is 2.45. The zero-order valence-electron chi connectivity index (χ0n) is 31.3. The summed E-state index contributed by atoms with van der Waals surface area (Å²) in [7, 11) is 0. The van der Waals surface area contributed by atoms with Gasteiger partial charge in [-0.15, -0.1) is 0 Å². The van der Waals surface area contributed by atoms with Crippen LogP contribution in [-0.2, 0) is 14.4 Å². The number of nitrogens with one attached hydrogen (secondary N) is 3. The second-order valence-corrected chi connectivity index (χ2v) is 18.3. The molecule has 15 nitrogen and oxygen atoms in total. The van der Waals surface area contributed by atoms with Crippen molar-refractivity contribution in [1.82, 2.24) is 30.1 Å². The van der Waals surface area contributed by atoms with Gasteiger partial charge in [0.1, 0.15) is 6.04 Å². The number of fused-ring (bicyclic) bond motifs is 1. The van der Waals surface area contributed by atoms with E-state index in [-0.39, 0.29) is 35.8 Å². The molecule has 1 atom stereocenters. The molecule has 4 aromatic rings. The molecule has 2 saturated heterocycles.